The van der Waals surface area contributed by atoms with Gasteiger partial charge < -0.3 is 5.11 Å². The Hall–Kier alpha value is -0.250. The smallest absolute Gasteiger partial charge is 0.316 e. The highest BCUT2D eigenvalue weighted by molar-refractivity contribution is 8.00. The van der Waals surface area contributed by atoms with Gasteiger partial charge >= 0.3 is 5.97 Å². The van der Waals surface area contributed by atoms with Gasteiger partial charge in [0.15, 0.2) is 0 Å². The van der Waals surface area contributed by atoms with E-state index in [1.54, 1.807) is 0 Å². The van der Waals surface area contributed by atoms with Crippen LogP contribution in [0.5, 0.6) is 0 Å². The lowest BCUT2D eigenvalue weighted by Gasteiger charge is -2.10. The van der Waals surface area contributed by atoms with E-state index in [0.29, 0.717) is 6.42 Å². The number of rotatable bonds is 9. The Morgan fingerprint density at radius 3 is 2.64 bits per heavy atom. The van der Waals surface area contributed by atoms with E-state index in [9.17, 15) is 9.18 Å². The van der Waals surface area contributed by atoms with Crippen LogP contribution in [0, 0.1) is 0 Å². The van der Waals surface area contributed by atoms with Crippen molar-refractivity contribution in [1.82, 2.24) is 0 Å². The summed E-state index contributed by atoms with van der Waals surface area (Å²) in [5.41, 5.74) is 0. The van der Waals surface area contributed by atoms with Gasteiger partial charge in [-0.25, -0.2) is 0 Å². The minimum absolute atomic E-state index is 0.297. The van der Waals surface area contributed by atoms with Crippen LogP contribution < -0.4 is 0 Å². The van der Waals surface area contributed by atoms with Crippen molar-refractivity contribution in [1.29, 1.82) is 0 Å². The van der Waals surface area contributed by atoms with E-state index >= 15 is 0 Å². The van der Waals surface area contributed by atoms with Crippen LogP contribution in [-0.4, -0.2) is 28.8 Å². The second-order valence-electron chi connectivity index (χ2n) is 3.24. The Balaban J connectivity index is 3.57. The van der Waals surface area contributed by atoms with Crippen LogP contribution in [0.4, 0.5) is 4.39 Å². The predicted octanol–water partition coefficient (Wildman–Crippen LogP) is 3.11. The Morgan fingerprint density at radius 1 is 1.43 bits per heavy atom. The summed E-state index contributed by atoms with van der Waals surface area (Å²) in [6.45, 7) is 1.75. The molecule has 14 heavy (non-hydrogen) atoms. The zero-order valence-electron chi connectivity index (χ0n) is 8.67. The topological polar surface area (TPSA) is 37.3 Å². The molecule has 0 aliphatic carbocycles. The van der Waals surface area contributed by atoms with E-state index < -0.39 is 5.97 Å². The first-order valence-corrected chi connectivity index (χ1v) is 6.17. The number of hydrogen-bond acceptors (Lipinski definition) is 2. The van der Waals surface area contributed by atoms with Crippen LogP contribution in [0.3, 0.4) is 0 Å². The summed E-state index contributed by atoms with van der Waals surface area (Å²) >= 11 is 1.44. The highest BCUT2D eigenvalue weighted by Gasteiger charge is 2.16. The fourth-order valence-corrected chi connectivity index (χ4v) is 2.22. The van der Waals surface area contributed by atoms with Gasteiger partial charge in [-0.05, 0) is 25.0 Å². The molecule has 4 heteroatoms. The Labute approximate surface area is 89.3 Å². The number of alkyl halides is 1. The highest BCUT2D eigenvalue weighted by Crippen LogP contribution is 2.19. The van der Waals surface area contributed by atoms with Crippen molar-refractivity contribution in [2.24, 2.45) is 0 Å². The largest absolute Gasteiger partial charge is 0.480 e. The van der Waals surface area contributed by atoms with Crippen LogP contribution in [0.1, 0.15) is 39.0 Å². The second kappa shape index (κ2) is 9.31. The molecule has 0 saturated heterocycles. The minimum atomic E-state index is -0.733. The van der Waals surface area contributed by atoms with E-state index in [4.69, 9.17) is 5.11 Å². The van der Waals surface area contributed by atoms with Crippen LogP contribution >= 0.6 is 11.8 Å². The van der Waals surface area contributed by atoms with Crippen molar-refractivity contribution in [3.63, 3.8) is 0 Å². The molecule has 84 valence electrons. The summed E-state index contributed by atoms with van der Waals surface area (Å²) in [7, 11) is 0. The summed E-state index contributed by atoms with van der Waals surface area (Å²) in [5, 5.41) is 8.56. The van der Waals surface area contributed by atoms with Crippen LogP contribution in [0.25, 0.3) is 0 Å². The van der Waals surface area contributed by atoms with Gasteiger partial charge in [0.1, 0.15) is 5.25 Å². The van der Waals surface area contributed by atoms with Gasteiger partial charge in [-0.15, -0.1) is 11.8 Å². The third-order valence-electron chi connectivity index (χ3n) is 1.94. The average molecular weight is 222 g/mol. The van der Waals surface area contributed by atoms with Crippen LogP contribution in [0.2, 0.25) is 0 Å². The maximum atomic E-state index is 11.8. The molecule has 0 fully saturated rings. The van der Waals surface area contributed by atoms with E-state index in [1.165, 1.54) is 11.8 Å². The first-order chi connectivity index (χ1) is 6.72. The van der Waals surface area contributed by atoms with Crippen molar-refractivity contribution in [2.75, 3.05) is 12.4 Å². The monoisotopic (exact) mass is 222 g/mol. The van der Waals surface area contributed by atoms with E-state index in [2.05, 4.69) is 0 Å². The zero-order chi connectivity index (χ0) is 10.8. The maximum Gasteiger partial charge on any atom is 0.316 e. The first kappa shape index (κ1) is 13.8. The van der Waals surface area contributed by atoms with Crippen LogP contribution in [-0.2, 0) is 4.79 Å². The van der Waals surface area contributed by atoms with Crippen molar-refractivity contribution >= 4 is 17.7 Å². The van der Waals surface area contributed by atoms with E-state index in [0.717, 1.165) is 31.4 Å². The van der Waals surface area contributed by atoms with Crippen molar-refractivity contribution in [2.45, 2.75) is 44.3 Å². The maximum absolute atomic E-state index is 11.8. The lowest BCUT2D eigenvalue weighted by molar-refractivity contribution is -0.136. The summed E-state index contributed by atoms with van der Waals surface area (Å²) in [5.74, 6) is 0.0219. The van der Waals surface area contributed by atoms with E-state index in [1.807, 2.05) is 6.92 Å². The number of thioether (sulfide) groups is 1. The molecule has 0 bridgehead atoms. The molecular weight excluding hydrogens is 203 g/mol. The fourth-order valence-electron chi connectivity index (χ4n) is 1.09. The molecule has 0 heterocycles. The molecule has 0 radical (unpaired) electrons. The molecule has 0 rings (SSSR count). The summed E-state index contributed by atoms with van der Waals surface area (Å²) in [6, 6.07) is 0. The van der Waals surface area contributed by atoms with E-state index in [-0.39, 0.29) is 11.9 Å². The molecule has 1 N–H and O–H groups in total. The summed E-state index contributed by atoms with van der Waals surface area (Å²) in [4.78, 5) is 10.8. The molecule has 0 aliphatic heterocycles. The number of carbonyl (C=O) groups is 1. The normalized spacial score (nSPS) is 12.7. The molecule has 0 aromatic heterocycles. The quantitative estimate of drug-likeness (QED) is 0.609. The number of unbranched alkanes of at least 4 members (excludes halogenated alkanes) is 2. The fraction of sp³-hybridized carbons (Fsp3) is 0.900. The Bertz CT molecular complexity index is 153. The number of hydrogen-bond donors (Lipinski definition) is 1. The summed E-state index contributed by atoms with van der Waals surface area (Å²) < 4.78 is 11.8. The van der Waals surface area contributed by atoms with Crippen molar-refractivity contribution in [3.8, 4) is 0 Å². The third-order valence-corrected chi connectivity index (χ3v) is 3.31. The Kier molecular flexibility index (Phi) is 9.14. The highest BCUT2D eigenvalue weighted by atomic mass is 32.2. The molecule has 0 aromatic rings. The molecule has 0 aliphatic rings. The van der Waals surface area contributed by atoms with Gasteiger partial charge in [0.25, 0.3) is 0 Å². The van der Waals surface area contributed by atoms with Gasteiger partial charge in [-0.2, -0.15) is 0 Å². The molecular formula is C10H19FO2S. The summed E-state index contributed by atoms with van der Waals surface area (Å²) in [6.07, 6.45) is 4.03. The second-order valence-corrected chi connectivity index (χ2v) is 4.55. The SMILES string of the molecule is CCCCC(SCCCCF)C(=O)O. The molecule has 1 atom stereocenters. The van der Waals surface area contributed by atoms with Gasteiger partial charge in [0.2, 0.25) is 0 Å². The lowest BCUT2D eigenvalue weighted by atomic mass is 10.2. The minimum Gasteiger partial charge on any atom is -0.480 e. The van der Waals surface area contributed by atoms with Crippen molar-refractivity contribution < 1.29 is 14.3 Å². The molecule has 0 spiro atoms. The molecule has 1 unspecified atom stereocenters. The van der Waals surface area contributed by atoms with Gasteiger partial charge in [0.05, 0.1) is 6.67 Å². The molecule has 0 aromatic carbocycles. The first-order valence-electron chi connectivity index (χ1n) is 5.12. The van der Waals surface area contributed by atoms with Gasteiger partial charge in [0, 0.05) is 0 Å². The lowest BCUT2D eigenvalue weighted by Crippen LogP contribution is -2.16. The van der Waals surface area contributed by atoms with Gasteiger partial charge in [-0.1, -0.05) is 19.8 Å². The Morgan fingerprint density at radius 2 is 2.14 bits per heavy atom. The average Bonchev–Trinajstić information content (AvgIpc) is 2.16. The molecule has 2 nitrogen and oxygen atoms in total. The zero-order valence-corrected chi connectivity index (χ0v) is 9.49. The molecule has 0 amide bonds. The standard InChI is InChI=1S/C10H19FO2S/c1-2-3-6-9(10(12)13)14-8-5-4-7-11/h9H,2-8H2,1H3,(H,12,13). The number of aliphatic carboxylic acids is 1. The number of carboxylic acids is 1. The number of carboxylic acid groups (broad SMARTS) is 1. The van der Waals surface area contributed by atoms with Crippen LogP contribution in [0.15, 0.2) is 0 Å². The van der Waals surface area contributed by atoms with Crippen molar-refractivity contribution in [3.05, 3.63) is 0 Å². The molecule has 0 saturated carbocycles. The third kappa shape index (κ3) is 7.18. The predicted molar refractivity (Wildman–Crippen MR) is 58.6 cm³/mol. The number of halogens is 1. The van der Waals surface area contributed by atoms with Gasteiger partial charge in [-0.3, -0.25) is 9.18 Å².